The molecule has 2 aromatic heterocycles. The summed E-state index contributed by atoms with van der Waals surface area (Å²) in [4.78, 5) is 7.88. The molecular formula is C8H8N4. The summed E-state index contributed by atoms with van der Waals surface area (Å²) < 4.78 is 1.82. The van der Waals surface area contributed by atoms with Crippen molar-refractivity contribution in [3.8, 4) is 5.69 Å². The normalized spacial score (nSPS) is 10.0. The number of hydrogen-bond donors (Lipinski definition) is 1. The monoisotopic (exact) mass is 160 g/mol. The van der Waals surface area contributed by atoms with E-state index < -0.39 is 0 Å². The molecule has 0 saturated heterocycles. The standard InChI is InChI=1S/C8H8N4/c9-8-7(2-1-3-11-8)12-5-4-10-6-12/h1-6H,(H2,9,11). The Balaban J connectivity index is 2.55. The molecule has 2 aromatic rings. The molecule has 0 radical (unpaired) electrons. The number of nitrogen functional groups attached to an aromatic ring is 1. The molecule has 4 nitrogen and oxygen atoms in total. The van der Waals surface area contributed by atoms with Crippen molar-refractivity contribution in [3.63, 3.8) is 0 Å². The summed E-state index contributed by atoms with van der Waals surface area (Å²) >= 11 is 0. The number of pyridine rings is 1. The number of nitrogens with two attached hydrogens (primary N) is 1. The first-order valence-corrected chi connectivity index (χ1v) is 3.57. The first-order valence-electron chi connectivity index (χ1n) is 3.57. The molecular weight excluding hydrogens is 152 g/mol. The maximum atomic E-state index is 5.65. The summed E-state index contributed by atoms with van der Waals surface area (Å²) in [6.45, 7) is 0. The van der Waals surface area contributed by atoms with Crippen molar-refractivity contribution in [1.29, 1.82) is 0 Å². The van der Waals surface area contributed by atoms with Gasteiger partial charge in [-0.1, -0.05) is 0 Å². The van der Waals surface area contributed by atoms with Crippen LogP contribution in [0, 0.1) is 0 Å². The number of hydrogen-bond acceptors (Lipinski definition) is 3. The molecule has 0 bridgehead atoms. The molecule has 0 fully saturated rings. The number of nitrogens with zero attached hydrogens (tertiary/aromatic N) is 3. The Labute approximate surface area is 69.7 Å². The van der Waals surface area contributed by atoms with E-state index in [9.17, 15) is 0 Å². The van der Waals surface area contributed by atoms with Crippen LogP contribution in [0.5, 0.6) is 0 Å². The smallest absolute Gasteiger partial charge is 0.147 e. The summed E-state index contributed by atoms with van der Waals surface area (Å²) in [5.74, 6) is 0.510. The Hall–Kier alpha value is -1.84. The average molecular weight is 160 g/mol. The van der Waals surface area contributed by atoms with Crippen LogP contribution in [0.1, 0.15) is 0 Å². The van der Waals surface area contributed by atoms with Gasteiger partial charge >= 0.3 is 0 Å². The lowest BCUT2D eigenvalue weighted by Gasteiger charge is -2.02. The minimum Gasteiger partial charge on any atom is -0.382 e. The summed E-state index contributed by atoms with van der Waals surface area (Å²) in [5, 5.41) is 0. The molecule has 0 aliphatic carbocycles. The molecule has 0 aliphatic rings. The quantitative estimate of drug-likeness (QED) is 0.672. The van der Waals surface area contributed by atoms with E-state index >= 15 is 0 Å². The SMILES string of the molecule is Nc1ncccc1-n1ccnc1. The largest absolute Gasteiger partial charge is 0.382 e. The van der Waals surface area contributed by atoms with Crippen LogP contribution >= 0.6 is 0 Å². The van der Waals surface area contributed by atoms with Gasteiger partial charge in [-0.15, -0.1) is 0 Å². The van der Waals surface area contributed by atoms with Gasteiger partial charge in [-0.25, -0.2) is 9.97 Å². The number of aromatic nitrogens is 3. The van der Waals surface area contributed by atoms with Gasteiger partial charge < -0.3 is 10.3 Å². The summed E-state index contributed by atoms with van der Waals surface area (Å²) in [6, 6.07) is 3.73. The molecule has 2 rings (SSSR count). The molecule has 0 saturated carbocycles. The van der Waals surface area contributed by atoms with Crippen molar-refractivity contribution >= 4 is 5.82 Å². The predicted octanol–water partition coefficient (Wildman–Crippen LogP) is 0.849. The molecule has 2 heterocycles. The van der Waals surface area contributed by atoms with Gasteiger partial charge in [-0.2, -0.15) is 0 Å². The van der Waals surface area contributed by atoms with Crippen molar-refractivity contribution in [1.82, 2.24) is 14.5 Å². The fourth-order valence-corrected chi connectivity index (χ4v) is 1.03. The van der Waals surface area contributed by atoms with Crippen LogP contribution in [0.15, 0.2) is 37.1 Å². The third-order valence-electron chi connectivity index (χ3n) is 1.60. The van der Waals surface area contributed by atoms with Crippen LogP contribution < -0.4 is 5.73 Å². The van der Waals surface area contributed by atoms with Gasteiger partial charge in [0, 0.05) is 18.6 Å². The maximum absolute atomic E-state index is 5.65. The van der Waals surface area contributed by atoms with Crippen LogP contribution in [0.4, 0.5) is 5.82 Å². The molecule has 0 atom stereocenters. The highest BCUT2D eigenvalue weighted by atomic mass is 15.1. The second kappa shape index (κ2) is 2.65. The molecule has 0 spiro atoms. The summed E-state index contributed by atoms with van der Waals surface area (Å²) in [7, 11) is 0. The van der Waals surface area contributed by atoms with Gasteiger partial charge in [0.05, 0.1) is 12.0 Å². The van der Waals surface area contributed by atoms with Crippen molar-refractivity contribution in [2.75, 3.05) is 5.73 Å². The van der Waals surface area contributed by atoms with E-state index in [0.29, 0.717) is 5.82 Å². The highest BCUT2D eigenvalue weighted by Crippen LogP contribution is 2.11. The van der Waals surface area contributed by atoms with E-state index in [1.54, 1.807) is 18.7 Å². The third-order valence-corrected chi connectivity index (χ3v) is 1.60. The van der Waals surface area contributed by atoms with Crippen molar-refractivity contribution in [2.45, 2.75) is 0 Å². The third kappa shape index (κ3) is 1.03. The molecule has 0 aromatic carbocycles. The predicted molar refractivity (Wildman–Crippen MR) is 45.8 cm³/mol. The van der Waals surface area contributed by atoms with E-state index in [0.717, 1.165) is 5.69 Å². The topological polar surface area (TPSA) is 56.7 Å². The highest BCUT2D eigenvalue weighted by Gasteiger charge is 1.98. The Kier molecular flexibility index (Phi) is 1.51. The van der Waals surface area contributed by atoms with Crippen LogP contribution in [-0.4, -0.2) is 14.5 Å². The van der Waals surface area contributed by atoms with Gasteiger partial charge in [0.1, 0.15) is 5.82 Å². The average Bonchev–Trinajstić information content (AvgIpc) is 2.57. The number of imidazole rings is 1. The Morgan fingerprint density at radius 3 is 2.92 bits per heavy atom. The van der Waals surface area contributed by atoms with Gasteiger partial charge in [0.15, 0.2) is 0 Å². The number of anilines is 1. The van der Waals surface area contributed by atoms with E-state index in [4.69, 9.17) is 5.73 Å². The van der Waals surface area contributed by atoms with Crippen molar-refractivity contribution in [2.24, 2.45) is 0 Å². The molecule has 0 unspecified atom stereocenters. The molecule has 0 aliphatic heterocycles. The fourth-order valence-electron chi connectivity index (χ4n) is 1.03. The second-order valence-corrected chi connectivity index (χ2v) is 2.38. The van der Waals surface area contributed by atoms with Gasteiger partial charge in [-0.05, 0) is 12.1 Å². The minimum absolute atomic E-state index is 0.510. The summed E-state index contributed by atoms with van der Waals surface area (Å²) in [6.07, 6.45) is 6.88. The van der Waals surface area contributed by atoms with Gasteiger partial charge in [-0.3, -0.25) is 0 Å². The lowest BCUT2D eigenvalue weighted by atomic mass is 10.4. The number of rotatable bonds is 1. The fraction of sp³-hybridized carbons (Fsp3) is 0. The van der Waals surface area contributed by atoms with Crippen LogP contribution in [0.3, 0.4) is 0 Å². The van der Waals surface area contributed by atoms with Crippen LogP contribution in [0.2, 0.25) is 0 Å². The highest BCUT2D eigenvalue weighted by molar-refractivity contribution is 5.51. The lowest BCUT2D eigenvalue weighted by molar-refractivity contribution is 1.04. The van der Waals surface area contributed by atoms with E-state index in [-0.39, 0.29) is 0 Å². The molecule has 2 N–H and O–H groups in total. The zero-order chi connectivity index (χ0) is 8.39. The molecule has 60 valence electrons. The van der Waals surface area contributed by atoms with Crippen LogP contribution in [-0.2, 0) is 0 Å². The van der Waals surface area contributed by atoms with Crippen molar-refractivity contribution < 1.29 is 0 Å². The van der Waals surface area contributed by atoms with E-state index in [1.807, 2.05) is 22.9 Å². The Morgan fingerprint density at radius 1 is 1.33 bits per heavy atom. The minimum atomic E-state index is 0.510. The van der Waals surface area contributed by atoms with Gasteiger partial charge in [0.25, 0.3) is 0 Å². The zero-order valence-corrected chi connectivity index (χ0v) is 6.38. The Morgan fingerprint density at radius 2 is 2.25 bits per heavy atom. The molecule has 4 heteroatoms. The molecule has 0 amide bonds. The maximum Gasteiger partial charge on any atom is 0.147 e. The first-order chi connectivity index (χ1) is 5.88. The molecule has 12 heavy (non-hydrogen) atoms. The first kappa shape index (κ1) is 6.84. The van der Waals surface area contributed by atoms with Crippen molar-refractivity contribution in [3.05, 3.63) is 37.1 Å². The van der Waals surface area contributed by atoms with E-state index in [1.165, 1.54) is 0 Å². The van der Waals surface area contributed by atoms with Gasteiger partial charge in [0.2, 0.25) is 0 Å². The lowest BCUT2D eigenvalue weighted by Crippen LogP contribution is -1.98. The van der Waals surface area contributed by atoms with E-state index in [2.05, 4.69) is 9.97 Å². The second-order valence-electron chi connectivity index (χ2n) is 2.38. The zero-order valence-electron chi connectivity index (χ0n) is 6.38. The Bertz CT molecular complexity index is 366. The summed E-state index contributed by atoms with van der Waals surface area (Å²) in [5.41, 5.74) is 6.51. The van der Waals surface area contributed by atoms with Crippen LogP contribution in [0.25, 0.3) is 5.69 Å².